The molecule has 0 aliphatic carbocycles. The molecule has 0 spiro atoms. The van der Waals surface area contributed by atoms with Gasteiger partial charge in [-0.05, 0) is 83.5 Å². The van der Waals surface area contributed by atoms with Crippen molar-refractivity contribution in [1.29, 1.82) is 0 Å². The number of fused-ring (bicyclic) bond motifs is 8. The Morgan fingerprint density at radius 3 is 2.06 bits per heavy atom. The summed E-state index contributed by atoms with van der Waals surface area (Å²) in [6.45, 7) is 17.5. The van der Waals surface area contributed by atoms with Gasteiger partial charge in [0.1, 0.15) is 0 Å². The molecule has 319 valence electrons. The van der Waals surface area contributed by atoms with Gasteiger partial charge in [-0.15, -0.1) is 53.6 Å². The van der Waals surface area contributed by atoms with Crippen molar-refractivity contribution in [2.75, 3.05) is 0 Å². The molecule has 0 saturated carbocycles. The number of pyridine rings is 1. The van der Waals surface area contributed by atoms with E-state index in [2.05, 4.69) is 172 Å². The van der Waals surface area contributed by atoms with Crippen molar-refractivity contribution in [3.8, 4) is 28.3 Å². The minimum atomic E-state index is -2.13. The third kappa shape index (κ3) is 8.24. The zero-order valence-corrected chi connectivity index (χ0v) is 41.7. The molecule has 3 nitrogen and oxygen atoms in total. The van der Waals surface area contributed by atoms with Crippen LogP contribution in [0.5, 0.6) is 0 Å². The van der Waals surface area contributed by atoms with Crippen molar-refractivity contribution in [2.24, 2.45) is 0 Å². The predicted molar refractivity (Wildman–Crippen MR) is 272 cm³/mol. The van der Waals surface area contributed by atoms with Gasteiger partial charge >= 0.3 is 0 Å². The Labute approximate surface area is 397 Å². The quantitative estimate of drug-likeness (QED) is 0.0905. The first-order valence-electron chi connectivity index (χ1n) is 23.6. The van der Waals surface area contributed by atoms with Crippen molar-refractivity contribution in [3.05, 3.63) is 168 Å². The summed E-state index contributed by atoms with van der Waals surface area (Å²) >= 11 is 1.87. The largest absolute Gasteiger partial charge is 0.333 e. The second-order valence-corrected chi connectivity index (χ2v) is 24.3. The van der Waals surface area contributed by atoms with Crippen LogP contribution in [-0.2, 0) is 20.1 Å². The van der Waals surface area contributed by atoms with E-state index < -0.39 is 20.8 Å². The third-order valence-electron chi connectivity index (χ3n) is 12.0. The van der Waals surface area contributed by atoms with E-state index in [9.17, 15) is 0 Å². The van der Waals surface area contributed by atoms with Crippen LogP contribution in [0.1, 0.15) is 87.0 Å². The van der Waals surface area contributed by atoms with E-state index >= 15 is 0 Å². The van der Waals surface area contributed by atoms with E-state index in [1.54, 1.807) is 12.1 Å². The fourth-order valence-electron chi connectivity index (χ4n) is 8.84. The van der Waals surface area contributed by atoms with Crippen LogP contribution in [0.4, 0.5) is 0 Å². The second-order valence-electron chi connectivity index (χ2n) is 18.2. The molecule has 63 heavy (non-hydrogen) atoms. The number of para-hydroxylation sites is 3. The number of aromatic nitrogens is 3. The third-order valence-corrected chi connectivity index (χ3v) is 15.3. The van der Waals surface area contributed by atoms with E-state index in [0.29, 0.717) is 11.8 Å². The maximum absolute atomic E-state index is 8.48. The van der Waals surface area contributed by atoms with Crippen LogP contribution in [-0.4, -0.2) is 22.6 Å². The van der Waals surface area contributed by atoms with Gasteiger partial charge in [-0.3, -0.25) is 4.98 Å². The Bertz CT molecular complexity index is 3420. The smallest absolute Gasteiger partial charge is 0.0799 e. The van der Waals surface area contributed by atoms with E-state index in [1.807, 2.05) is 37.4 Å². The summed E-state index contributed by atoms with van der Waals surface area (Å²) in [6, 6.07) is 50.9. The Morgan fingerprint density at radius 2 is 1.37 bits per heavy atom. The molecule has 0 aliphatic rings. The van der Waals surface area contributed by atoms with Gasteiger partial charge in [-0.25, -0.2) is 0 Å². The molecule has 0 fully saturated rings. The summed E-state index contributed by atoms with van der Waals surface area (Å²) in [4.78, 5) is 9.88. The Hall–Kier alpha value is -5.23. The van der Waals surface area contributed by atoms with Crippen LogP contribution in [0.2, 0.25) is 19.6 Å². The summed E-state index contributed by atoms with van der Waals surface area (Å²) in [7, 11) is -1.61. The van der Waals surface area contributed by atoms with Gasteiger partial charge in [-0.2, -0.15) is 11.3 Å². The maximum atomic E-state index is 8.48. The first-order chi connectivity index (χ1) is 31.3. The van der Waals surface area contributed by atoms with Crippen LogP contribution in [0.15, 0.2) is 134 Å². The molecule has 7 aromatic carbocycles. The van der Waals surface area contributed by atoms with E-state index in [4.69, 9.17) is 10.5 Å². The normalized spacial score (nSPS) is 13.3. The van der Waals surface area contributed by atoms with Crippen LogP contribution in [0.3, 0.4) is 0 Å². The van der Waals surface area contributed by atoms with Crippen molar-refractivity contribution in [3.63, 3.8) is 0 Å². The molecular weight excluding hydrogens is 979 g/mol. The number of imidazole rings is 1. The van der Waals surface area contributed by atoms with E-state index in [0.717, 1.165) is 39.2 Å². The number of nitrogens with zero attached hydrogens (tertiary/aromatic N) is 3. The minimum absolute atomic E-state index is 0. The Kier molecular flexibility index (Phi) is 11.1. The Balaban J connectivity index is 0.000000209. The number of aryl methyl sites for hydroxylation is 1. The van der Waals surface area contributed by atoms with E-state index in [1.165, 1.54) is 69.8 Å². The first-order valence-corrected chi connectivity index (χ1v) is 25.9. The van der Waals surface area contributed by atoms with Gasteiger partial charge in [0, 0.05) is 42.2 Å². The van der Waals surface area contributed by atoms with Crippen molar-refractivity contribution >= 4 is 77.3 Å². The SMILES string of the molecule is CC(C)c1cccc(C(C)C)c1-n1c(-c2[c-]ccc3c2sc2c3ccc3c4ccccc4ccc32)nc2ccccc21.[2H]C([2H])([2H])c1c[c-]c(-c2cc(C([2H])(C)C)c([Si](C)(C)C)cn2)cc1.[Ir]. The van der Waals surface area contributed by atoms with Crippen molar-refractivity contribution < 1.29 is 25.6 Å². The summed E-state index contributed by atoms with van der Waals surface area (Å²) in [6.07, 6.45) is 1.89. The summed E-state index contributed by atoms with van der Waals surface area (Å²) in [5, 5.41) is 8.93. The average molecular weight is 1040 g/mol. The number of rotatable bonds is 7. The summed E-state index contributed by atoms with van der Waals surface area (Å²) in [5.74, 6) is 0.987. The fraction of sp³-hybridized carbons (Fsp3) is 0.228. The summed E-state index contributed by atoms with van der Waals surface area (Å²) in [5.41, 5.74) is 9.86. The fourth-order valence-corrected chi connectivity index (χ4v) is 11.7. The molecular formula is C57H55IrN3SSi-2. The molecule has 0 saturated heterocycles. The second kappa shape index (κ2) is 17.7. The van der Waals surface area contributed by atoms with Crippen LogP contribution >= 0.6 is 11.3 Å². The zero-order chi connectivity index (χ0) is 46.9. The number of hydrogen-bond acceptors (Lipinski definition) is 3. The zero-order valence-electron chi connectivity index (χ0n) is 41.4. The molecule has 6 heteroatoms. The molecule has 3 aromatic heterocycles. The molecule has 0 atom stereocenters. The van der Waals surface area contributed by atoms with Gasteiger partial charge in [0.05, 0.1) is 24.9 Å². The molecule has 10 rings (SSSR count). The minimum Gasteiger partial charge on any atom is -0.333 e. The summed E-state index contributed by atoms with van der Waals surface area (Å²) < 4.78 is 35.8. The van der Waals surface area contributed by atoms with Crippen molar-refractivity contribution in [1.82, 2.24) is 14.5 Å². The Morgan fingerprint density at radius 1 is 0.683 bits per heavy atom. The monoisotopic (exact) mass is 1040 g/mol. The molecule has 1 radical (unpaired) electrons. The van der Waals surface area contributed by atoms with Crippen molar-refractivity contribution in [2.45, 2.75) is 85.8 Å². The maximum Gasteiger partial charge on any atom is 0.0799 e. The van der Waals surface area contributed by atoms with Gasteiger partial charge in [-0.1, -0.05) is 169 Å². The standard InChI is InChI=1S/C39H31N2S.C18H24NSi.Ir/c1-23(2)26-13-9-14-27(24(3)4)36(26)41-35-18-8-7-17-34(35)40-39(41)33-16-10-15-30-32-22-21-29-28-12-6-5-11-25(28)19-20-31(29)37(32)42-38(30)33;1-13(2)16-11-17(15-9-7-14(3)8-10-15)19-12-18(16)20(4,5)6;/h5-15,17-24H,1-4H3;7-9,11-13H,1-6H3;/q2*-1;/i;3D3,13D;. The molecule has 10 aromatic rings. The molecule has 0 aliphatic heterocycles. The topological polar surface area (TPSA) is 30.7 Å². The number of hydrogen-bond donors (Lipinski definition) is 0. The van der Waals surface area contributed by atoms with Crippen LogP contribution in [0.25, 0.3) is 81.1 Å². The predicted octanol–water partition coefficient (Wildman–Crippen LogP) is 15.9. The number of benzene rings is 7. The van der Waals surface area contributed by atoms with Gasteiger partial charge in [0.25, 0.3) is 0 Å². The molecule has 0 amide bonds. The van der Waals surface area contributed by atoms with E-state index in [-0.39, 0.29) is 25.7 Å². The molecule has 0 N–H and O–H groups in total. The molecule has 0 bridgehead atoms. The van der Waals surface area contributed by atoms with Gasteiger partial charge < -0.3 is 9.55 Å². The van der Waals surface area contributed by atoms with Crippen LogP contribution in [0, 0.1) is 19.0 Å². The molecule has 0 unspecified atom stereocenters. The van der Waals surface area contributed by atoms with Gasteiger partial charge in [0.2, 0.25) is 0 Å². The molecule has 3 heterocycles. The number of thiophene rings is 1. The first kappa shape index (κ1) is 39.4. The van der Waals surface area contributed by atoms with Crippen LogP contribution < -0.4 is 5.19 Å². The van der Waals surface area contributed by atoms with Gasteiger partial charge in [0.15, 0.2) is 0 Å². The average Bonchev–Trinajstić information content (AvgIpc) is 3.87.